The monoisotopic (exact) mass is 401 g/mol. The summed E-state index contributed by atoms with van der Waals surface area (Å²) >= 11 is 0. The number of carbonyl (C=O) groups is 1. The molecular formula is C22H23N7O. The Kier molecular flexibility index (Phi) is 5.44. The lowest BCUT2D eigenvalue weighted by atomic mass is 9.94. The first-order chi connectivity index (χ1) is 14.6. The Morgan fingerprint density at radius 3 is 3.00 bits per heavy atom. The third kappa shape index (κ3) is 3.62. The fourth-order valence-electron chi connectivity index (χ4n) is 3.68. The lowest BCUT2D eigenvalue weighted by molar-refractivity contribution is -0.116. The van der Waals surface area contributed by atoms with Gasteiger partial charge in [0.1, 0.15) is 5.92 Å². The fraction of sp³-hybridized carbons (Fsp3) is 0.318. The van der Waals surface area contributed by atoms with Crippen LogP contribution in [0.2, 0.25) is 0 Å². The Balaban J connectivity index is 1.83. The van der Waals surface area contributed by atoms with Crippen molar-refractivity contribution in [2.75, 3.05) is 17.2 Å². The summed E-state index contributed by atoms with van der Waals surface area (Å²) in [5.41, 5.74) is 3.07. The number of nitrogens with one attached hydrogen (secondary N) is 2. The highest BCUT2D eigenvalue weighted by atomic mass is 16.2. The van der Waals surface area contributed by atoms with Crippen LogP contribution in [-0.4, -0.2) is 32.2 Å². The van der Waals surface area contributed by atoms with E-state index >= 15 is 0 Å². The number of benzene rings is 1. The molecule has 1 atom stereocenters. The van der Waals surface area contributed by atoms with Crippen molar-refractivity contribution in [1.29, 1.82) is 5.26 Å². The summed E-state index contributed by atoms with van der Waals surface area (Å²) in [6.07, 6.45) is 6.90. The van der Waals surface area contributed by atoms with Crippen LogP contribution in [-0.2, 0) is 11.3 Å². The van der Waals surface area contributed by atoms with Crippen LogP contribution in [0.5, 0.6) is 0 Å². The van der Waals surface area contributed by atoms with Gasteiger partial charge in [0.2, 0.25) is 11.9 Å². The topological polar surface area (TPSA) is 109 Å². The molecule has 0 aliphatic carbocycles. The summed E-state index contributed by atoms with van der Waals surface area (Å²) in [4.78, 5) is 22.1. The van der Waals surface area contributed by atoms with Crippen LogP contribution < -0.4 is 10.6 Å². The molecule has 0 fully saturated rings. The predicted molar refractivity (Wildman–Crippen MR) is 115 cm³/mol. The van der Waals surface area contributed by atoms with Gasteiger partial charge in [0.25, 0.3) is 0 Å². The minimum absolute atomic E-state index is 0.173. The lowest BCUT2D eigenvalue weighted by Gasteiger charge is -2.11. The van der Waals surface area contributed by atoms with Gasteiger partial charge in [0.05, 0.1) is 22.7 Å². The second kappa shape index (κ2) is 8.33. The van der Waals surface area contributed by atoms with Gasteiger partial charge < -0.3 is 10.6 Å². The molecule has 152 valence electrons. The largest absolute Gasteiger partial charge is 0.351 e. The first-order valence-corrected chi connectivity index (χ1v) is 10.1. The second-order valence-corrected chi connectivity index (χ2v) is 7.27. The Labute approximate surface area is 174 Å². The van der Waals surface area contributed by atoms with Crippen LogP contribution in [0.3, 0.4) is 0 Å². The third-order valence-corrected chi connectivity index (χ3v) is 5.14. The maximum absolute atomic E-state index is 12.9. The minimum Gasteiger partial charge on any atom is -0.351 e. The smallest absolute Gasteiger partial charge is 0.238 e. The highest BCUT2D eigenvalue weighted by Crippen LogP contribution is 2.39. The molecule has 30 heavy (non-hydrogen) atoms. The molecule has 8 heteroatoms. The summed E-state index contributed by atoms with van der Waals surface area (Å²) in [6.45, 7) is 7.15. The van der Waals surface area contributed by atoms with Crippen LogP contribution in [0.25, 0.3) is 11.0 Å². The molecule has 0 radical (unpaired) electrons. The van der Waals surface area contributed by atoms with E-state index in [4.69, 9.17) is 0 Å². The van der Waals surface area contributed by atoms with Crippen molar-refractivity contribution < 1.29 is 4.79 Å². The van der Waals surface area contributed by atoms with E-state index < -0.39 is 5.92 Å². The molecule has 1 aliphatic rings. The number of anilines is 2. The van der Waals surface area contributed by atoms with Gasteiger partial charge in [0, 0.05) is 25.0 Å². The molecule has 1 amide bonds. The summed E-state index contributed by atoms with van der Waals surface area (Å²) in [6, 6.07) is 7.34. The Morgan fingerprint density at radius 1 is 1.37 bits per heavy atom. The first-order valence-electron chi connectivity index (χ1n) is 10.1. The van der Waals surface area contributed by atoms with Gasteiger partial charge in [-0.1, -0.05) is 25.8 Å². The maximum atomic E-state index is 12.9. The number of rotatable bonds is 8. The van der Waals surface area contributed by atoms with Crippen LogP contribution in [0.4, 0.5) is 11.6 Å². The highest BCUT2D eigenvalue weighted by Gasteiger charge is 2.35. The molecular weight excluding hydrogens is 378 g/mol. The van der Waals surface area contributed by atoms with Crippen LogP contribution in [0.1, 0.15) is 48.9 Å². The number of nitriles is 1. The molecule has 3 heterocycles. The lowest BCUT2D eigenvalue weighted by Crippen LogP contribution is -2.16. The zero-order valence-corrected chi connectivity index (χ0v) is 16.9. The molecule has 0 saturated heterocycles. The van der Waals surface area contributed by atoms with Gasteiger partial charge in [0.15, 0.2) is 5.65 Å². The fourth-order valence-corrected chi connectivity index (χ4v) is 3.68. The van der Waals surface area contributed by atoms with Crippen molar-refractivity contribution in [2.24, 2.45) is 0 Å². The summed E-state index contributed by atoms with van der Waals surface area (Å²) in [5, 5.41) is 20.7. The molecule has 0 spiro atoms. The normalized spacial score (nSPS) is 14.9. The van der Waals surface area contributed by atoms with Crippen molar-refractivity contribution in [3.63, 3.8) is 0 Å². The van der Waals surface area contributed by atoms with Crippen LogP contribution in [0, 0.1) is 11.3 Å². The number of nitrogens with zero attached hydrogens (tertiary/aromatic N) is 5. The molecule has 4 rings (SSSR count). The number of hydrogen-bond donors (Lipinski definition) is 2. The van der Waals surface area contributed by atoms with Crippen molar-refractivity contribution in [2.45, 2.75) is 38.6 Å². The molecule has 2 aromatic heterocycles. The Bertz CT molecular complexity index is 1160. The quantitative estimate of drug-likeness (QED) is 0.441. The van der Waals surface area contributed by atoms with Crippen molar-refractivity contribution in [3.8, 4) is 6.07 Å². The average molecular weight is 401 g/mol. The van der Waals surface area contributed by atoms with E-state index in [0.717, 1.165) is 36.8 Å². The molecule has 1 aliphatic heterocycles. The van der Waals surface area contributed by atoms with E-state index in [1.807, 2.05) is 10.9 Å². The van der Waals surface area contributed by atoms with Gasteiger partial charge in [-0.15, -0.1) is 6.58 Å². The molecule has 0 saturated carbocycles. The zero-order valence-electron chi connectivity index (χ0n) is 16.9. The molecule has 0 bridgehead atoms. The maximum Gasteiger partial charge on any atom is 0.238 e. The molecule has 8 nitrogen and oxygen atoms in total. The van der Waals surface area contributed by atoms with E-state index in [1.165, 1.54) is 0 Å². The molecule has 1 unspecified atom stereocenters. The van der Waals surface area contributed by atoms with E-state index in [9.17, 15) is 10.1 Å². The van der Waals surface area contributed by atoms with Crippen LogP contribution >= 0.6 is 0 Å². The number of aryl methyl sites for hydroxylation is 1. The summed E-state index contributed by atoms with van der Waals surface area (Å²) < 4.78 is 1.87. The predicted octanol–water partition coefficient (Wildman–Crippen LogP) is 3.57. The van der Waals surface area contributed by atoms with Gasteiger partial charge in [-0.25, -0.2) is 4.98 Å². The SMILES string of the molecule is C=CCNc1nc(C2C(=O)Nc3ccc(C#N)cc32)c2cn(CCCCC)nc2n1. The van der Waals surface area contributed by atoms with Crippen LogP contribution in [0.15, 0.2) is 37.1 Å². The zero-order chi connectivity index (χ0) is 21.1. The highest BCUT2D eigenvalue weighted by molar-refractivity contribution is 6.06. The molecule has 2 N–H and O–H groups in total. The second-order valence-electron chi connectivity index (χ2n) is 7.27. The van der Waals surface area contributed by atoms with Gasteiger partial charge >= 0.3 is 0 Å². The third-order valence-electron chi connectivity index (χ3n) is 5.14. The number of fused-ring (bicyclic) bond motifs is 2. The minimum atomic E-state index is -0.628. The van der Waals surface area contributed by atoms with Crippen molar-refractivity contribution in [3.05, 3.63) is 53.9 Å². The molecule has 1 aromatic carbocycles. The van der Waals surface area contributed by atoms with E-state index in [2.05, 4.69) is 45.3 Å². The standard InChI is InChI=1S/C22H23N7O/c1-3-5-6-10-29-13-16-19(26-22(24-9-4-2)27-20(16)28-29)18-15-11-14(12-23)7-8-17(15)25-21(18)30/h4,7-8,11,13,18H,2-3,5-6,9-10H2,1H3,(H,25,30)(H,24,27,28). The first kappa shape index (κ1) is 19.6. The van der Waals surface area contributed by atoms with E-state index in [1.54, 1.807) is 24.3 Å². The summed E-state index contributed by atoms with van der Waals surface area (Å²) in [5.74, 6) is -0.404. The number of hydrogen-bond acceptors (Lipinski definition) is 6. The van der Waals surface area contributed by atoms with E-state index in [-0.39, 0.29) is 5.91 Å². The van der Waals surface area contributed by atoms with Gasteiger partial charge in [-0.2, -0.15) is 15.3 Å². The van der Waals surface area contributed by atoms with Gasteiger partial charge in [-0.3, -0.25) is 9.48 Å². The Morgan fingerprint density at radius 2 is 2.23 bits per heavy atom. The van der Waals surface area contributed by atoms with Crippen molar-refractivity contribution in [1.82, 2.24) is 19.7 Å². The van der Waals surface area contributed by atoms with Gasteiger partial charge in [-0.05, 0) is 30.2 Å². The van der Waals surface area contributed by atoms with E-state index in [0.29, 0.717) is 35.1 Å². The molecule has 3 aromatic rings. The number of aromatic nitrogens is 4. The Hall–Kier alpha value is -3.73. The summed E-state index contributed by atoms with van der Waals surface area (Å²) in [7, 11) is 0. The number of unbranched alkanes of at least 4 members (excludes halogenated alkanes) is 2. The number of carbonyl (C=O) groups excluding carboxylic acids is 1. The number of amides is 1. The average Bonchev–Trinajstić information content (AvgIpc) is 3.31. The van der Waals surface area contributed by atoms with Crippen molar-refractivity contribution >= 4 is 28.6 Å².